The zero-order valence-electron chi connectivity index (χ0n) is 17.1. The van der Waals surface area contributed by atoms with Gasteiger partial charge in [0.1, 0.15) is 12.2 Å². The Bertz CT molecular complexity index is 646. The van der Waals surface area contributed by atoms with Crippen molar-refractivity contribution in [3.63, 3.8) is 0 Å². The van der Waals surface area contributed by atoms with Crippen molar-refractivity contribution < 1.29 is 14.0 Å². The maximum Gasteiger partial charge on any atom is 0.245 e. The first-order valence-corrected chi connectivity index (χ1v) is 11.5. The molecular formula is C22H34FN3O2. The van der Waals surface area contributed by atoms with Gasteiger partial charge in [0.15, 0.2) is 0 Å². The molecule has 3 saturated heterocycles. The van der Waals surface area contributed by atoms with Crippen LogP contribution in [-0.4, -0.2) is 76.0 Å². The highest BCUT2D eigenvalue weighted by atomic mass is 19.1. The van der Waals surface area contributed by atoms with Crippen LogP contribution in [-0.2, 0) is 9.59 Å². The Morgan fingerprint density at radius 1 is 1.07 bits per heavy atom. The Labute approximate surface area is 167 Å². The van der Waals surface area contributed by atoms with Gasteiger partial charge in [0.05, 0.1) is 0 Å². The standard InChI is InChI=1S/C22H34FN3O2/c1-24(18-12-15(23)13-18)16-4-2-5-20(27)26-17(14-16)6-7-19(26)21(28)25-11-3-8-22(25)9-10-22/h15-19H,2-14H2,1H3/t15?,16-,17+,18?,19-/m0/s1. The fourth-order valence-corrected chi connectivity index (χ4v) is 6.43. The molecule has 0 aromatic rings. The average Bonchev–Trinajstić information content (AvgIpc) is 3.10. The van der Waals surface area contributed by atoms with Gasteiger partial charge in [0.2, 0.25) is 11.8 Å². The summed E-state index contributed by atoms with van der Waals surface area (Å²) < 4.78 is 13.3. The van der Waals surface area contributed by atoms with E-state index in [0.717, 1.165) is 64.3 Å². The minimum Gasteiger partial charge on any atom is -0.335 e. The first-order chi connectivity index (χ1) is 13.5. The molecule has 0 radical (unpaired) electrons. The first-order valence-electron chi connectivity index (χ1n) is 11.5. The molecule has 6 heteroatoms. The quantitative estimate of drug-likeness (QED) is 0.743. The van der Waals surface area contributed by atoms with Crippen LogP contribution in [0.5, 0.6) is 0 Å². The van der Waals surface area contributed by atoms with E-state index in [1.165, 1.54) is 0 Å². The summed E-state index contributed by atoms with van der Waals surface area (Å²) in [6.07, 6.45) is 10.3. The molecule has 1 spiro atoms. The molecule has 3 aliphatic heterocycles. The fraction of sp³-hybridized carbons (Fsp3) is 0.909. The Balaban J connectivity index is 1.30. The lowest BCUT2D eigenvalue weighted by molar-refractivity contribution is -0.147. The summed E-state index contributed by atoms with van der Waals surface area (Å²) >= 11 is 0. The molecule has 5 nitrogen and oxygen atoms in total. The number of hydrogen-bond donors (Lipinski definition) is 0. The monoisotopic (exact) mass is 391 g/mol. The highest BCUT2D eigenvalue weighted by Crippen LogP contribution is 2.50. The van der Waals surface area contributed by atoms with Gasteiger partial charge in [-0.1, -0.05) is 0 Å². The van der Waals surface area contributed by atoms with Crippen molar-refractivity contribution in [2.24, 2.45) is 0 Å². The van der Waals surface area contributed by atoms with Crippen LogP contribution in [0.2, 0.25) is 0 Å². The molecule has 2 saturated carbocycles. The lowest BCUT2D eigenvalue weighted by Gasteiger charge is -2.44. The summed E-state index contributed by atoms with van der Waals surface area (Å²) in [6, 6.07) is 0.680. The molecule has 5 rings (SSSR count). The Morgan fingerprint density at radius 3 is 2.57 bits per heavy atom. The van der Waals surface area contributed by atoms with Gasteiger partial charge in [0, 0.05) is 36.6 Å². The van der Waals surface area contributed by atoms with Crippen molar-refractivity contribution in [2.45, 2.75) is 113 Å². The molecule has 2 aliphatic carbocycles. The van der Waals surface area contributed by atoms with Gasteiger partial charge in [-0.3, -0.25) is 9.59 Å². The average molecular weight is 392 g/mol. The number of fused-ring (bicyclic) bond motifs is 1. The van der Waals surface area contributed by atoms with Gasteiger partial charge < -0.3 is 14.7 Å². The SMILES string of the molecule is CN(C1CC(F)C1)[C@H]1CCCC(=O)N2[C@H](CC[C@H]2C(=O)N2CCCC23CC3)C1. The van der Waals surface area contributed by atoms with Crippen molar-refractivity contribution in [2.75, 3.05) is 13.6 Å². The number of hydrogen-bond acceptors (Lipinski definition) is 3. The fourth-order valence-electron chi connectivity index (χ4n) is 6.43. The van der Waals surface area contributed by atoms with Crippen LogP contribution < -0.4 is 0 Å². The maximum atomic E-state index is 13.4. The largest absolute Gasteiger partial charge is 0.335 e. The van der Waals surface area contributed by atoms with Gasteiger partial charge in [-0.25, -0.2) is 4.39 Å². The summed E-state index contributed by atoms with van der Waals surface area (Å²) in [5.74, 6) is 0.397. The third-order valence-electron chi connectivity index (χ3n) is 8.44. The zero-order chi connectivity index (χ0) is 19.5. The van der Waals surface area contributed by atoms with Crippen LogP contribution in [0.1, 0.15) is 77.0 Å². The summed E-state index contributed by atoms with van der Waals surface area (Å²) in [4.78, 5) is 32.9. The molecule has 5 fully saturated rings. The molecule has 2 amide bonds. The predicted molar refractivity (Wildman–Crippen MR) is 105 cm³/mol. The van der Waals surface area contributed by atoms with E-state index in [2.05, 4.69) is 16.8 Å². The van der Waals surface area contributed by atoms with E-state index in [1.807, 2.05) is 4.90 Å². The predicted octanol–water partition coefficient (Wildman–Crippen LogP) is 2.88. The van der Waals surface area contributed by atoms with E-state index in [9.17, 15) is 14.0 Å². The minimum absolute atomic E-state index is 0.150. The van der Waals surface area contributed by atoms with Gasteiger partial charge >= 0.3 is 0 Å². The molecule has 28 heavy (non-hydrogen) atoms. The number of carbonyl (C=O) groups is 2. The number of amides is 2. The van der Waals surface area contributed by atoms with Crippen molar-refractivity contribution >= 4 is 11.8 Å². The van der Waals surface area contributed by atoms with Crippen LogP contribution in [0, 0.1) is 0 Å². The molecule has 3 atom stereocenters. The second-order valence-corrected chi connectivity index (χ2v) is 10.0. The summed E-state index contributed by atoms with van der Waals surface area (Å²) in [6.45, 7) is 0.874. The highest BCUT2D eigenvalue weighted by Gasteiger charge is 2.55. The molecule has 3 heterocycles. The molecule has 5 aliphatic rings. The van der Waals surface area contributed by atoms with Gasteiger partial charge in [0.25, 0.3) is 0 Å². The van der Waals surface area contributed by atoms with Crippen LogP contribution >= 0.6 is 0 Å². The van der Waals surface area contributed by atoms with E-state index < -0.39 is 6.17 Å². The van der Waals surface area contributed by atoms with E-state index in [0.29, 0.717) is 31.3 Å². The number of halogens is 1. The van der Waals surface area contributed by atoms with E-state index in [-0.39, 0.29) is 29.4 Å². The van der Waals surface area contributed by atoms with E-state index >= 15 is 0 Å². The van der Waals surface area contributed by atoms with E-state index in [4.69, 9.17) is 0 Å². The topological polar surface area (TPSA) is 43.9 Å². The third-order valence-corrected chi connectivity index (χ3v) is 8.44. The Morgan fingerprint density at radius 2 is 1.86 bits per heavy atom. The number of rotatable bonds is 3. The minimum atomic E-state index is -0.636. The number of likely N-dealkylation sites (tertiary alicyclic amines) is 1. The van der Waals surface area contributed by atoms with Crippen molar-refractivity contribution in [1.29, 1.82) is 0 Å². The normalized spacial score (nSPS) is 39.7. The van der Waals surface area contributed by atoms with Gasteiger partial charge in [-0.05, 0) is 77.7 Å². The van der Waals surface area contributed by atoms with Crippen LogP contribution in [0.4, 0.5) is 4.39 Å². The Kier molecular flexibility index (Phi) is 4.68. The van der Waals surface area contributed by atoms with Crippen LogP contribution in [0.25, 0.3) is 0 Å². The van der Waals surface area contributed by atoms with E-state index in [1.54, 1.807) is 0 Å². The summed E-state index contributed by atoms with van der Waals surface area (Å²) in [5, 5.41) is 0. The van der Waals surface area contributed by atoms with Crippen LogP contribution in [0.3, 0.4) is 0 Å². The number of nitrogens with zero attached hydrogens (tertiary/aromatic N) is 3. The first kappa shape index (κ1) is 18.8. The van der Waals surface area contributed by atoms with Crippen molar-refractivity contribution in [1.82, 2.24) is 14.7 Å². The molecule has 156 valence electrons. The van der Waals surface area contributed by atoms with Crippen molar-refractivity contribution in [3.05, 3.63) is 0 Å². The zero-order valence-corrected chi connectivity index (χ0v) is 17.1. The number of carbonyl (C=O) groups excluding carboxylic acids is 2. The molecule has 0 N–H and O–H groups in total. The second kappa shape index (κ2) is 6.96. The lowest BCUT2D eigenvalue weighted by Crippen LogP contribution is -2.55. The smallest absolute Gasteiger partial charge is 0.245 e. The molecule has 0 bridgehead atoms. The van der Waals surface area contributed by atoms with Crippen LogP contribution in [0.15, 0.2) is 0 Å². The lowest BCUT2D eigenvalue weighted by atomic mass is 9.86. The molecule has 0 aromatic heterocycles. The molecule has 0 aromatic carbocycles. The molecule has 0 unspecified atom stereocenters. The maximum absolute atomic E-state index is 13.4. The number of alkyl halides is 1. The summed E-state index contributed by atoms with van der Waals surface area (Å²) in [7, 11) is 2.13. The second-order valence-electron chi connectivity index (χ2n) is 10.0. The summed E-state index contributed by atoms with van der Waals surface area (Å²) in [5.41, 5.74) is 0.150. The van der Waals surface area contributed by atoms with Gasteiger partial charge in [-0.15, -0.1) is 0 Å². The highest BCUT2D eigenvalue weighted by molar-refractivity contribution is 5.89. The van der Waals surface area contributed by atoms with Gasteiger partial charge in [-0.2, -0.15) is 0 Å². The third kappa shape index (κ3) is 3.06. The molecular weight excluding hydrogens is 357 g/mol. The Hall–Kier alpha value is -1.17. The van der Waals surface area contributed by atoms with Crippen molar-refractivity contribution in [3.8, 4) is 0 Å².